The van der Waals surface area contributed by atoms with Gasteiger partial charge in [0.05, 0.1) is 19.1 Å². The van der Waals surface area contributed by atoms with E-state index in [1.807, 2.05) is 0 Å². The van der Waals surface area contributed by atoms with E-state index in [2.05, 4.69) is 30.5 Å². The van der Waals surface area contributed by atoms with Crippen LogP contribution in [0.4, 0.5) is 11.8 Å². The summed E-state index contributed by atoms with van der Waals surface area (Å²) in [7, 11) is 0. The van der Waals surface area contributed by atoms with Crippen LogP contribution in [0.15, 0.2) is 36.0 Å². The van der Waals surface area contributed by atoms with Gasteiger partial charge in [-0.25, -0.2) is 10.4 Å². The van der Waals surface area contributed by atoms with Gasteiger partial charge in [-0.3, -0.25) is 9.55 Å². The second-order valence-corrected chi connectivity index (χ2v) is 6.14. The lowest BCUT2D eigenvalue weighted by Crippen LogP contribution is -2.33. The Labute approximate surface area is 158 Å². The van der Waals surface area contributed by atoms with E-state index in [1.165, 1.54) is 10.9 Å². The van der Waals surface area contributed by atoms with Gasteiger partial charge in [-0.1, -0.05) is 0 Å². The predicted molar refractivity (Wildman–Crippen MR) is 98.2 cm³/mol. The maximum atomic E-state index is 10.2. The first-order chi connectivity index (χ1) is 13.6. The number of rotatable bonds is 5. The van der Waals surface area contributed by atoms with Gasteiger partial charge < -0.3 is 25.8 Å². The van der Waals surface area contributed by atoms with E-state index < -0.39 is 31.1 Å². The number of ether oxygens (including phenoxy) is 1. The van der Waals surface area contributed by atoms with E-state index in [9.17, 15) is 15.3 Å². The Bertz CT molecular complexity index is 995. The largest absolute Gasteiger partial charge is 0.394 e. The topological polar surface area (TPSA) is 177 Å². The first-order valence-corrected chi connectivity index (χ1v) is 8.40. The van der Waals surface area contributed by atoms with E-state index in [0.29, 0.717) is 5.52 Å². The molecule has 0 spiro atoms. The molecular weight excluding hydrogens is 368 g/mol. The van der Waals surface area contributed by atoms with Crippen molar-refractivity contribution < 1.29 is 20.1 Å². The molecule has 1 saturated heterocycles. The van der Waals surface area contributed by atoms with E-state index in [1.54, 1.807) is 30.7 Å². The molecule has 146 valence electrons. The highest BCUT2D eigenvalue weighted by atomic mass is 16.6. The number of fused-ring (bicyclic) bond motifs is 1. The number of aliphatic hydroxyl groups is 3. The van der Waals surface area contributed by atoms with Crippen LogP contribution in [0, 0.1) is 0 Å². The van der Waals surface area contributed by atoms with Gasteiger partial charge >= 0.3 is 0 Å². The van der Waals surface area contributed by atoms with Crippen LogP contribution in [0.2, 0.25) is 0 Å². The molecule has 0 saturated carbocycles. The minimum absolute atomic E-state index is 0.108. The molecule has 3 aromatic heterocycles. The number of anilines is 2. The molecule has 0 aromatic carbocycles. The number of pyridine rings is 1. The van der Waals surface area contributed by atoms with Gasteiger partial charge in [0.2, 0.25) is 5.95 Å². The number of hydrazone groups is 1. The number of nitrogens with one attached hydrogen (secondary N) is 1. The minimum Gasteiger partial charge on any atom is -0.394 e. The second-order valence-electron chi connectivity index (χ2n) is 6.14. The fraction of sp³-hybridized carbons (Fsp3) is 0.312. The van der Waals surface area contributed by atoms with Gasteiger partial charge in [0.15, 0.2) is 17.7 Å². The third-order valence-electron chi connectivity index (χ3n) is 4.32. The Hall–Kier alpha value is -3.19. The van der Waals surface area contributed by atoms with Crippen molar-refractivity contribution in [1.82, 2.24) is 24.5 Å². The summed E-state index contributed by atoms with van der Waals surface area (Å²) < 4.78 is 6.95. The van der Waals surface area contributed by atoms with E-state index in [0.717, 1.165) is 5.56 Å². The number of nitrogens with zero attached hydrogens (tertiary/aromatic N) is 6. The highest BCUT2D eigenvalue weighted by Crippen LogP contribution is 2.32. The minimum atomic E-state index is -1.27. The van der Waals surface area contributed by atoms with Crippen molar-refractivity contribution >= 4 is 29.1 Å². The normalized spacial score (nSPS) is 25.0. The second kappa shape index (κ2) is 7.44. The molecular formula is C16H18N8O4. The van der Waals surface area contributed by atoms with Crippen molar-refractivity contribution in [3.8, 4) is 0 Å². The summed E-state index contributed by atoms with van der Waals surface area (Å²) in [5.41, 5.74) is 10.0. The van der Waals surface area contributed by atoms with Crippen LogP contribution in [0.1, 0.15) is 11.8 Å². The number of aliphatic hydroxyl groups excluding tert-OH is 3. The molecule has 12 nitrogen and oxygen atoms in total. The van der Waals surface area contributed by atoms with Gasteiger partial charge in [0.25, 0.3) is 0 Å². The molecule has 0 bridgehead atoms. The number of nitrogen functional groups attached to an aromatic ring is 1. The monoisotopic (exact) mass is 386 g/mol. The molecule has 28 heavy (non-hydrogen) atoms. The standard InChI is InChI=1S/C16H18N8O4/c17-13-10-14(22-16(21-13)23-20-5-8-1-3-18-4-2-8)24(7-19-10)15-12(27)11(26)9(6-25)28-15/h1-5,7,9,11-12,15,25-27H,6H2,(H3,17,21,22,23)/b20-5+/t9-,11-,12-,15-/m1/s1. The highest BCUT2D eigenvalue weighted by molar-refractivity contribution is 5.83. The van der Waals surface area contributed by atoms with Gasteiger partial charge in [0.1, 0.15) is 23.8 Å². The van der Waals surface area contributed by atoms with Crippen LogP contribution in [0.3, 0.4) is 0 Å². The zero-order chi connectivity index (χ0) is 19.7. The van der Waals surface area contributed by atoms with E-state index in [4.69, 9.17) is 10.5 Å². The molecule has 0 aliphatic carbocycles. The zero-order valence-corrected chi connectivity index (χ0v) is 14.5. The van der Waals surface area contributed by atoms with Crippen LogP contribution >= 0.6 is 0 Å². The summed E-state index contributed by atoms with van der Waals surface area (Å²) in [5.74, 6) is 0.223. The fourth-order valence-electron chi connectivity index (χ4n) is 2.90. The maximum absolute atomic E-state index is 10.2. The molecule has 4 heterocycles. The third-order valence-corrected chi connectivity index (χ3v) is 4.32. The number of imidazole rings is 1. The van der Waals surface area contributed by atoms with E-state index in [-0.39, 0.29) is 17.4 Å². The summed E-state index contributed by atoms with van der Waals surface area (Å²) in [4.78, 5) is 16.5. The number of hydrogen-bond donors (Lipinski definition) is 5. The van der Waals surface area contributed by atoms with Crippen LogP contribution in [0.5, 0.6) is 0 Å². The fourth-order valence-corrected chi connectivity index (χ4v) is 2.90. The quantitative estimate of drug-likeness (QED) is 0.266. The Morgan fingerprint density at radius 3 is 2.75 bits per heavy atom. The van der Waals surface area contributed by atoms with Gasteiger partial charge in [-0.15, -0.1) is 0 Å². The molecule has 4 atom stereocenters. The first kappa shape index (κ1) is 18.2. The number of nitrogens with two attached hydrogens (primary N) is 1. The molecule has 4 rings (SSSR count). The van der Waals surface area contributed by atoms with Crippen molar-refractivity contribution in [2.75, 3.05) is 17.8 Å². The summed E-state index contributed by atoms with van der Waals surface area (Å²) in [6, 6.07) is 3.56. The molecule has 6 N–H and O–H groups in total. The van der Waals surface area contributed by atoms with E-state index >= 15 is 0 Å². The van der Waals surface area contributed by atoms with Crippen LogP contribution in [-0.2, 0) is 4.74 Å². The predicted octanol–water partition coefficient (Wildman–Crippen LogP) is -1.14. The summed E-state index contributed by atoms with van der Waals surface area (Å²) in [6.07, 6.45) is 1.80. The van der Waals surface area contributed by atoms with Crippen LogP contribution < -0.4 is 11.2 Å². The third kappa shape index (κ3) is 3.25. The Balaban J connectivity index is 1.63. The van der Waals surface area contributed by atoms with Crippen molar-refractivity contribution in [3.63, 3.8) is 0 Å². The molecule has 1 aliphatic heterocycles. The smallest absolute Gasteiger partial charge is 0.247 e. The van der Waals surface area contributed by atoms with Crippen molar-refractivity contribution in [3.05, 3.63) is 36.4 Å². The molecule has 1 fully saturated rings. The average Bonchev–Trinajstić information content (AvgIpc) is 3.24. The van der Waals surface area contributed by atoms with Crippen LogP contribution in [-0.4, -0.2) is 71.0 Å². The first-order valence-electron chi connectivity index (χ1n) is 8.40. The summed E-state index contributed by atoms with van der Waals surface area (Å²) in [6.45, 7) is -0.436. The molecule has 1 aliphatic rings. The van der Waals surface area contributed by atoms with Gasteiger partial charge in [-0.2, -0.15) is 15.1 Å². The van der Waals surface area contributed by atoms with Gasteiger partial charge in [0, 0.05) is 12.4 Å². The Kier molecular flexibility index (Phi) is 4.83. The molecule has 0 unspecified atom stereocenters. The van der Waals surface area contributed by atoms with Crippen molar-refractivity contribution in [2.24, 2.45) is 5.10 Å². The molecule has 12 heteroatoms. The highest BCUT2D eigenvalue weighted by Gasteiger charge is 2.44. The Morgan fingerprint density at radius 2 is 2.04 bits per heavy atom. The summed E-state index contributed by atoms with van der Waals surface area (Å²) in [5, 5.41) is 33.5. The van der Waals surface area contributed by atoms with Crippen molar-refractivity contribution in [2.45, 2.75) is 24.5 Å². The molecule has 0 amide bonds. The molecule has 0 radical (unpaired) electrons. The lowest BCUT2D eigenvalue weighted by atomic mass is 10.1. The lowest BCUT2D eigenvalue weighted by Gasteiger charge is -2.16. The maximum Gasteiger partial charge on any atom is 0.247 e. The Morgan fingerprint density at radius 1 is 1.25 bits per heavy atom. The van der Waals surface area contributed by atoms with Crippen molar-refractivity contribution in [1.29, 1.82) is 0 Å². The zero-order valence-electron chi connectivity index (χ0n) is 14.5. The number of aromatic nitrogens is 5. The number of hydrogen-bond acceptors (Lipinski definition) is 11. The molecule has 3 aromatic rings. The van der Waals surface area contributed by atoms with Gasteiger partial charge in [-0.05, 0) is 17.7 Å². The SMILES string of the molecule is Nc1nc(N/N=C/c2ccncc2)nc2c1ncn2[C@@H]1O[C@H](CO)[C@@H](O)[C@H]1O. The lowest BCUT2D eigenvalue weighted by molar-refractivity contribution is -0.0511. The van der Waals surface area contributed by atoms with Crippen LogP contribution in [0.25, 0.3) is 11.2 Å². The average molecular weight is 386 g/mol. The summed E-state index contributed by atoms with van der Waals surface area (Å²) >= 11 is 0.